The molecule has 0 N–H and O–H groups in total. The standard InChI is InChI=1S/C15H14F6/c16-14(17,18)11-5-10(6-12(7-11)15(19,20)21)13-4-8-1-2-9(13)3-8/h5-9,13H,1-4H2. The number of halogens is 6. The third-order valence-corrected chi connectivity index (χ3v) is 4.78. The molecule has 1 aromatic carbocycles. The van der Waals surface area contributed by atoms with Gasteiger partial charge in [-0.05, 0) is 60.8 Å². The Bertz CT molecular complexity index is 510. The second kappa shape index (κ2) is 4.65. The van der Waals surface area contributed by atoms with E-state index in [1.807, 2.05) is 0 Å². The SMILES string of the molecule is FC(F)(F)c1cc(C2CC3CCC2C3)cc(C(F)(F)F)c1. The summed E-state index contributed by atoms with van der Waals surface area (Å²) in [6.45, 7) is 0. The van der Waals surface area contributed by atoms with Crippen molar-refractivity contribution in [2.24, 2.45) is 11.8 Å². The van der Waals surface area contributed by atoms with Crippen molar-refractivity contribution < 1.29 is 26.3 Å². The second-order valence-corrected chi connectivity index (χ2v) is 6.12. The average molecular weight is 308 g/mol. The Morgan fingerprint density at radius 2 is 1.33 bits per heavy atom. The number of alkyl halides is 6. The van der Waals surface area contributed by atoms with E-state index in [9.17, 15) is 26.3 Å². The molecule has 1 aromatic rings. The van der Waals surface area contributed by atoms with Gasteiger partial charge in [-0.3, -0.25) is 0 Å². The number of hydrogen-bond acceptors (Lipinski definition) is 0. The first kappa shape index (κ1) is 14.7. The molecule has 0 nitrogen and oxygen atoms in total. The fraction of sp³-hybridized carbons (Fsp3) is 0.600. The lowest BCUT2D eigenvalue weighted by atomic mass is 9.82. The van der Waals surface area contributed by atoms with E-state index in [1.54, 1.807) is 0 Å². The Morgan fingerprint density at radius 1 is 0.762 bits per heavy atom. The van der Waals surface area contributed by atoms with Gasteiger partial charge in [-0.1, -0.05) is 6.42 Å². The van der Waals surface area contributed by atoms with Gasteiger partial charge in [0.05, 0.1) is 11.1 Å². The maximum atomic E-state index is 12.8. The molecule has 2 fully saturated rings. The first-order valence-electron chi connectivity index (χ1n) is 6.94. The fourth-order valence-electron chi connectivity index (χ4n) is 3.85. The highest BCUT2D eigenvalue weighted by Gasteiger charge is 2.43. The summed E-state index contributed by atoms with van der Waals surface area (Å²) >= 11 is 0. The van der Waals surface area contributed by atoms with Crippen LogP contribution in [-0.2, 0) is 12.4 Å². The normalized spacial score (nSPS) is 29.1. The van der Waals surface area contributed by atoms with Crippen LogP contribution in [0.5, 0.6) is 0 Å². The van der Waals surface area contributed by atoms with Crippen LogP contribution in [0.15, 0.2) is 18.2 Å². The van der Waals surface area contributed by atoms with E-state index in [2.05, 4.69) is 0 Å². The molecule has 3 atom stereocenters. The van der Waals surface area contributed by atoms with Crippen molar-refractivity contribution in [2.45, 2.75) is 44.0 Å². The third kappa shape index (κ3) is 2.77. The molecule has 0 aliphatic heterocycles. The highest BCUT2D eigenvalue weighted by Crippen LogP contribution is 2.53. The summed E-state index contributed by atoms with van der Waals surface area (Å²) in [5, 5.41) is 0. The highest BCUT2D eigenvalue weighted by molar-refractivity contribution is 5.36. The molecule has 3 unspecified atom stereocenters. The van der Waals surface area contributed by atoms with E-state index in [4.69, 9.17) is 0 Å². The topological polar surface area (TPSA) is 0 Å². The van der Waals surface area contributed by atoms with Gasteiger partial charge in [0.1, 0.15) is 0 Å². The molecule has 0 spiro atoms. The molecule has 0 aromatic heterocycles. The lowest BCUT2D eigenvalue weighted by Crippen LogP contribution is -2.15. The Morgan fingerprint density at radius 3 is 1.71 bits per heavy atom. The summed E-state index contributed by atoms with van der Waals surface area (Å²) in [5.41, 5.74) is -2.20. The van der Waals surface area contributed by atoms with Crippen molar-refractivity contribution in [1.29, 1.82) is 0 Å². The highest BCUT2D eigenvalue weighted by atomic mass is 19.4. The zero-order valence-electron chi connectivity index (χ0n) is 11.1. The third-order valence-electron chi connectivity index (χ3n) is 4.78. The van der Waals surface area contributed by atoms with Crippen molar-refractivity contribution in [3.63, 3.8) is 0 Å². The predicted octanol–water partition coefficient (Wildman–Crippen LogP) is 5.63. The zero-order chi connectivity index (χ0) is 15.4. The molecule has 0 amide bonds. The first-order chi connectivity index (χ1) is 9.64. The molecule has 2 bridgehead atoms. The van der Waals surface area contributed by atoms with E-state index < -0.39 is 23.5 Å². The molecule has 6 heteroatoms. The average Bonchev–Trinajstić information content (AvgIpc) is 2.98. The summed E-state index contributed by atoms with van der Waals surface area (Å²) in [4.78, 5) is 0. The molecule has 2 saturated carbocycles. The van der Waals surface area contributed by atoms with Crippen LogP contribution in [0.25, 0.3) is 0 Å². The molecular formula is C15H14F6. The minimum Gasteiger partial charge on any atom is -0.166 e. The molecular weight excluding hydrogens is 294 g/mol. The van der Waals surface area contributed by atoms with Crippen molar-refractivity contribution in [1.82, 2.24) is 0 Å². The van der Waals surface area contributed by atoms with E-state index in [1.165, 1.54) is 0 Å². The smallest absolute Gasteiger partial charge is 0.166 e. The lowest BCUT2D eigenvalue weighted by Gasteiger charge is -2.24. The maximum absolute atomic E-state index is 12.8. The van der Waals surface area contributed by atoms with Gasteiger partial charge in [0.2, 0.25) is 0 Å². The molecule has 21 heavy (non-hydrogen) atoms. The maximum Gasteiger partial charge on any atom is 0.416 e. The summed E-state index contributed by atoms with van der Waals surface area (Å²) in [5.74, 6) is 0.538. The Hall–Kier alpha value is -1.20. The van der Waals surface area contributed by atoms with Crippen LogP contribution in [0.2, 0.25) is 0 Å². The Labute approximate surface area is 118 Å². The van der Waals surface area contributed by atoms with Crippen LogP contribution in [0.1, 0.15) is 48.3 Å². The van der Waals surface area contributed by atoms with Gasteiger partial charge in [0.25, 0.3) is 0 Å². The van der Waals surface area contributed by atoms with Crippen molar-refractivity contribution in [3.8, 4) is 0 Å². The van der Waals surface area contributed by atoms with E-state index >= 15 is 0 Å². The predicted molar refractivity (Wildman–Crippen MR) is 64.6 cm³/mol. The van der Waals surface area contributed by atoms with E-state index in [-0.39, 0.29) is 23.5 Å². The summed E-state index contributed by atoms with van der Waals surface area (Å²) in [6.07, 6.45) is -5.91. The number of rotatable bonds is 1. The van der Waals surface area contributed by atoms with Gasteiger partial charge in [-0.15, -0.1) is 0 Å². The summed E-state index contributed by atoms with van der Waals surface area (Å²) in [6, 6.07) is 2.01. The lowest BCUT2D eigenvalue weighted by molar-refractivity contribution is -0.143. The molecule has 0 saturated heterocycles. The number of fused-ring (bicyclic) bond motifs is 2. The van der Waals surface area contributed by atoms with E-state index in [0.717, 1.165) is 31.4 Å². The molecule has 3 rings (SSSR count). The molecule has 2 aliphatic rings. The zero-order valence-corrected chi connectivity index (χ0v) is 11.1. The first-order valence-corrected chi connectivity index (χ1v) is 6.94. The van der Waals surface area contributed by atoms with Crippen LogP contribution in [0.4, 0.5) is 26.3 Å². The Kier molecular flexibility index (Phi) is 3.26. The van der Waals surface area contributed by atoms with Crippen molar-refractivity contribution in [3.05, 3.63) is 34.9 Å². The molecule has 116 valence electrons. The van der Waals surface area contributed by atoms with Crippen LogP contribution in [0, 0.1) is 11.8 Å². The fourth-order valence-corrected chi connectivity index (χ4v) is 3.85. The van der Waals surface area contributed by atoms with Crippen LogP contribution in [-0.4, -0.2) is 0 Å². The summed E-state index contributed by atoms with van der Waals surface area (Å²) < 4.78 is 77.1. The minimum absolute atomic E-state index is 0.160. The minimum atomic E-state index is -4.76. The van der Waals surface area contributed by atoms with Crippen molar-refractivity contribution in [2.75, 3.05) is 0 Å². The van der Waals surface area contributed by atoms with Gasteiger partial charge < -0.3 is 0 Å². The second-order valence-electron chi connectivity index (χ2n) is 6.12. The monoisotopic (exact) mass is 308 g/mol. The van der Waals surface area contributed by atoms with Gasteiger partial charge in [-0.2, -0.15) is 26.3 Å². The van der Waals surface area contributed by atoms with Crippen LogP contribution < -0.4 is 0 Å². The molecule has 0 heterocycles. The summed E-state index contributed by atoms with van der Waals surface area (Å²) in [7, 11) is 0. The van der Waals surface area contributed by atoms with Gasteiger partial charge in [-0.25, -0.2) is 0 Å². The van der Waals surface area contributed by atoms with Crippen LogP contribution in [0.3, 0.4) is 0 Å². The molecule has 2 aliphatic carbocycles. The van der Waals surface area contributed by atoms with Gasteiger partial charge >= 0.3 is 12.4 Å². The largest absolute Gasteiger partial charge is 0.416 e. The van der Waals surface area contributed by atoms with Crippen LogP contribution >= 0.6 is 0 Å². The number of benzene rings is 1. The van der Waals surface area contributed by atoms with E-state index in [0.29, 0.717) is 12.3 Å². The quantitative estimate of drug-likeness (QED) is 0.590. The number of hydrogen-bond donors (Lipinski definition) is 0. The van der Waals surface area contributed by atoms with Gasteiger partial charge in [0.15, 0.2) is 0 Å². The van der Waals surface area contributed by atoms with Crippen molar-refractivity contribution >= 4 is 0 Å². The Balaban J connectivity index is 2.03. The molecule has 0 radical (unpaired) electrons. The van der Waals surface area contributed by atoms with Gasteiger partial charge in [0, 0.05) is 0 Å².